The van der Waals surface area contributed by atoms with E-state index in [1.54, 1.807) is 46.8 Å². The van der Waals surface area contributed by atoms with E-state index in [-0.39, 0.29) is 131 Å². The molecular weight excluding hydrogens is 1390 g/mol. The Bertz CT molecular complexity index is 3320. The van der Waals surface area contributed by atoms with Gasteiger partial charge in [0.25, 0.3) is 0 Å². The summed E-state index contributed by atoms with van der Waals surface area (Å²) in [6.07, 6.45) is 22.7. The van der Waals surface area contributed by atoms with E-state index in [0.717, 1.165) is 138 Å². The normalized spacial score (nSPS) is 30.8. The third-order valence-corrected chi connectivity index (χ3v) is 23.8. The van der Waals surface area contributed by atoms with E-state index < -0.39 is 36.3 Å². The minimum absolute atomic E-state index is 0.0102. The molecule has 4 aliphatic carbocycles. The molecule has 15 atom stereocenters. The first kappa shape index (κ1) is 88.7. The molecule has 616 valence electrons. The maximum Gasteiger partial charge on any atom is 0.243 e. The van der Waals surface area contributed by atoms with Crippen LogP contribution in [0.5, 0.6) is 11.5 Å². The molecule has 4 aliphatic heterocycles. The van der Waals surface area contributed by atoms with E-state index in [1.807, 2.05) is 73.6 Å². The number of nitrogens with one attached hydrogen (secondary N) is 9. The molecule has 24 heteroatoms. The fraction of sp³-hybridized carbons (Fsp3) is 0.756. The molecule has 10 rings (SSSR count). The molecular formula is C86H140N12O12. The van der Waals surface area contributed by atoms with Crippen LogP contribution >= 0.6 is 0 Å². The first-order valence-electron chi connectivity index (χ1n) is 42.4. The highest BCUT2D eigenvalue weighted by molar-refractivity contribution is 5.95. The molecule has 2 bridgehead atoms. The van der Waals surface area contributed by atoms with Crippen molar-refractivity contribution in [1.29, 1.82) is 0 Å². The van der Waals surface area contributed by atoms with Gasteiger partial charge in [-0.05, 0) is 228 Å². The quantitative estimate of drug-likeness (QED) is 0.114. The van der Waals surface area contributed by atoms with Gasteiger partial charge in [0.05, 0.1) is 30.3 Å². The molecule has 4 saturated carbocycles. The molecule has 9 amide bonds. The summed E-state index contributed by atoms with van der Waals surface area (Å²) in [6.45, 7) is 26.3. The number of nitrogens with zero attached hydrogens (tertiary/aromatic N) is 3. The van der Waals surface area contributed by atoms with E-state index in [1.165, 1.54) is 34.6 Å². The van der Waals surface area contributed by atoms with Gasteiger partial charge in [0.2, 0.25) is 53.2 Å². The molecule has 0 unspecified atom stereocenters. The Morgan fingerprint density at radius 1 is 0.391 bits per heavy atom. The van der Waals surface area contributed by atoms with Crippen molar-refractivity contribution < 1.29 is 57.4 Å². The number of carbonyl (C=O) groups excluding carboxylic acids is 9. The van der Waals surface area contributed by atoms with Gasteiger partial charge >= 0.3 is 0 Å². The smallest absolute Gasteiger partial charge is 0.243 e. The third kappa shape index (κ3) is 26.9. The van der Waals surface area contributed by atoms with Crippen LogP contribution in [0.3, 0.4) is 0 Å². The van der Waals surface area contributed by atoms with Crippen LogP contribution in [0.1, 0.15) is 235 Å². The van der Waals surface area contributed by atoms with Crippen molar-refractivity contribution in [3.63, 3.8) is 0 Å². The standard InChI is InChI=1S/C31H48N4O4.C28H44N4O4.C27H48N4O4/c1-20(2)18-26-30(37)32-17-9-14-23-12-8-13-24-15-16-25(39-28(23)24)19-33-27(22-10-6-5-7-11-22)31(38)35(4)21(3)29(36)34-26;1-17(2)15-23-27(34)30-18(3)11-12-21-9-7-8-10-24(21)36-19(4)16-29-25(22-13-14-22)28(35)32(6)20(5)26(33)31-23;1-17(2)15-22-26(33)28-14-8-10-20-9-6-7-11-23(20)35-18(3)16-29-24(21-12-13-21)27(34)31(5)19(4)25(32)30-22/h8,12-13,20-22,25-27,33H,5-7,9-11,14-19H2,1-4H3,(H,32,37)(H,34,36);7-10,17-20,22-23,25,29H,11-16H2,1-6H3,(H,30,34)(H,31,33);17-24,29H,6-16H2,1-5H3,(H,28,33)(H,30,32)/t21-,25-,26-,27+;18-,19+,20+,23+,25-;18-,19-,20+,22-,23+,24+/m101/s1. The van der Waals surface area contributed by atoms with Crippen LogP contribution in [0, 0.1) is 41.4 Å². The molecule has 0 aromatic heterocycles. The minimum atomic E-state index is -0.695. The fourth-order valence-corrected chi connectivity index (χ4v) is 16.4. The Morgan fingerprint density at radius 3 is 1.33 bits per heavy atom. The lowest BCUT2D eigenvalue weighted by Crippen LogP contribution is -2.58. The van der Waals surface area contributed by atoms with Crippen molar-refractivity contribution in [3.8, 4) is 11.5 Å². The van der Waals surface area contributed by atoms with Gasteiger partial charge in [-0.3, -0.25) is 43.2 Å². The van der Waals surface area contributed by atoms with E-state index in [0.29, 0.717) is 63.8 Å². The zero-order chi connectivity index (χ0) is 79.9. The highest BCUT2D eigenvalue weighted by Gasteiger charge is 2.43. The average molecular weight is 1530 g/mol. The number of benzene rings is 2. The molecule has 0 radical (unpaired) electrons. The molecule has 1 saturated heterocycles. The number of likely N-dealkylation sites (N-methyl/N-ethyl adjacent to an activating group) is 3. The summed E-state index contributed by atoms with van der Waals surface area (Å²) < 4.78 is 19.3. The van der Waals surface area contributed by atoms with Crippen molar-refractivity contribution in [2.24, 2.45) is 41.4 Å². The van der Waals surface area contributed by atoms with E-state index in [4.69, 9.17) is 14.2 Å². The largest absolute Gasteiger partial charge is 0.489 e. The van der Waals surface area contributed by atoms with Gasteiger partial charge in [-0.2, -0.15) is 0 Å². The zero-order valence-electron chi connectivity index (χ0n) is 69.4. The number of amides is 9. The molecule has 24 nitrogen and oxygen atoms in total. The molecule has 8 aliphatic rings. The average Bonchev–Trinajstić information content (AvgIpc) is 1.59. The van der Waals surface area contributed by atoms with Crippen LogP contribution in [-0.4, -0.2) is 207 Å². The summed E-state index contributed by atoms with van der Waals surface area (Å²) in [5.74, 6) is 2.16. The lowest BCUT2D eigenvalue weighted by molar-refractivity contribution is -0.142. The summed E-state index contributed by atoms with van der Waals surface area (Å²) >= 11 is 0. The summed E-state index contributed by atoms with van der Waals surface area (Å²) in [6, 6.07) is 9.28. The second-order valence-corrected chi connectivity index (χ2v) is 34.7. The van der Waals surface area contributed by atoms with Crippen molar-refractivity contribution in [2.75, 3.05) is 53.9 Å². The number of aryl methyl sites for hydroxylation is 3. The van der Waals surface area contributed by atoms with Crippen LogP contribution in [0.15, 0.2) is 42.5 Å². The SMILES string of the molecule is CC(C)C[C@H]1NC(=O)[C@@H](C)N(C)C(=O)[C@H](C2CC2)NC[C@@H](C)O[C@H]2CCCC[C@H]2CCCNC1=O.CC(C)C[C@H]1NC(=O)[C@@H](C)N(C)C(=O)[C@H](C2CC2)NC[C@@H](C)Oc2ccccc2CC[C@H](C)NC1=O.CC(C)C[C@H]1NC(=O)[C@@H](C)N(C)C(=O)[C@H](C2CCCCC2)NC[C@H]2CCc3cccc(c3O2)CCCNC1=O. The number of hydrogen-bond donors (Lipinski definition) is 9. The number of carbonyl (C=O) groups is 9. The first-order valence-corrected chi connectivity index (χ1v) is 42.4. The van der Waals surface area contributed by atoms with Gasteiger partial charge in [0.1, 0.15) is 60.0 Å². The van der Waals surface area contributed by atoms with Gasteiger partial charge in [-0.15, -0.1) is 0 Å². The topological polar surface area (TPSA) is 299 Å². The minimum Gasteiger partial charge on any atom is -0.489 e. The Morgan fingerprint density at radius 2 is 0.809 bits per heavy atom. The summed E-state index contributed by atoms with van der Waals surface area (Å²) in [4.78, 5) is 124. The zero-order valence-corrected chi connectivity index (χ0v) is 69.4. The lowest BCUT2D eigenvalue weighted by atomic mass is 9.83. The maximum atomic E-state index is 13.9. The van der Waals surface area contributed by atoms with Crippen molar-refractivity contribution in [2.45, 2.75) is 322 Å². The number of para-hydroxylation sites is 2. The van der Waals surface area contributed by atoms with E-state index in [9.17, 15) is 43.2 Å². The van der Waals surface area contributed by atoms with Gasteiger partial charge in [0, 0.05) is 59.9 Å². The Kier molecular flexibility index (Phi) is 35.0. The summed E-state index contributed by atoms with van der Waals surface area (Å²) in [5, 5.41) is 28.5. The fourth-order valence-electron chi connectivity index (χ4n) is 16.4. The Balaban J connectivity index is 0.000000208. The van der Waals surface area contributed by atoms with Crippen LogP contribution in [0.4, 0.5) is 0 Å². The summed E-state index contributed by atoms with van der Waals surface area (Å²) in [5.41, 5.74) is 3.48. The third-order valence-electron chi connectivity index (χ3n) is 23.8. The highest BCUT2D eigenvalue weighted by Crippen LogP contribution is 2.37. The Hall–Kier alpha value is -6.89. The lowest BCUT2D eigenvalue weighted by Gasteiger charge is -2.36. The molecule has 110 heavy (non-hydrogen) atoms. The Labute approximate surface area is 657 Å². The number of ether oxygens (including phenoxy) is 3. The maximum absolute atomic E-state index is 13.9. The van der Waals surface area contributed by atoms with Gasteiger partial charge in [-0.25, -0.2) is 0 Å². The van der Waals surface area contributed by atoms with E-state index in [2.05, 4.69) is 79.0 Å². The molecule has 2 aromatic carbocycles. The van der Waals surface area contributed by atoms with Gasteiger partial charge in [-0.1, -0.05) is 110 Å². The van der Waals surface area contributed by atoms with E-state index >= 15 is 0 Å². The van der Waals surface area contributed by atoms with Crippen LogP contribution in [0.25, 0.3) is 0 Å². The molecule has 9 N–H and O–H groups in total. The van der Waals surface area contributed by atoms with Crippen molar-refractivity contribution in [1.82, 2.24) is 62.6 Å². The molecule has 4 heterocycles. The van der Waals surface area contributed by atoms with Crippen LogP contribution in [0.2, 0.25) is 0 Å². The number of rotatable bonds is 9. The predicted octanol–water partition coefficient (Wildman–Crippen LogP) is 8.62. The molecule has 5 fully saturated rings. The monoisotopic (exact) mass is 1530 g/mol. The predicted molar refractivity (Wildman–Crippen MR) is 430 cm³/mol. The van der Waals surface area contributed by atoms with Crippen molar-refractivity contribution in [3.05, 3.63) is 59.2 Å². The van der Waals surface area contributed by atoms with Crippen LogP contribution < -0.4 is 57.3 Å². The second-order valence-electron chi connectivity index (χ2n) is 34.7. The number of fused-ring (bicyclic) bond motifs is 3. The number of hydrogen-bond acceptors (Lipinski definition) is 15. The summed E-state index contributed by atoms with van der Waals surface area (Å²) in [7, 11) is 5.06. The first-order chi connectivity index (χ1) is 52.5. The highest BCUT2D eigenvalue weighted by atomic mass is 16.5. The molecule has 2 aromatic rings. The molecule has 0 spiro atoms. The van der Waals surface area contributed by atoms with Gasteiger partial charge in [0.15, 0.2) is 0 Å². The second kappa shape index (κ2) is 43.4. The van der Waals surface area contributed by atoms with Crippen molar-refractivity contribution >= 4 is 53.2 Å². The van der Waals surface area contributed by atoms with Gasteiger partial charge < -0.3 is 76.8 Å². The van der Waals surface area contributed by atoms with Crippen LogP contribution in [-0.2, 0) is 67.2 Å².